The minimum atomic E-state index is -0.494. The lowest BCUT2D eigenvalue weighted by atomic mass is 10.0. The Bertz CT molecular complexity index is 972. The third-order valence-electron chi connectivity index (χ3n) is 4.46. The van der Waals surface area contributed by atoms with Crippen molar-refractivity contribution >= 4 is 42.8 Å². The van der Waals surface area contributed by atoms with Gasteiger partial charge in [0, 0.05) is 27.5 Å². The van der Waals surface area contributed by atoms with Crippen molar-refractivity contribution in [3.05, 3.63) is 70.4 Å². The van der Waals surface area contributed by atoms with Gasteiger partial charge in [-0.2, -0.15) is 0 Å². The zero-order valence-electron chi connectivity index (χ0n) is 13.4. The third kappa shape index (κ3) is 2.87. The summed E-state index contributed by atoms with van der Waals surface area (Å²) in [6, 6.07) is 17.0. The predicted molar refractivity (Wildman–Crippen MR) is 105 cm³/mol. The van der Waals surface area contributed by atoms with Crippen LogP contribution in [-0.4, -0.2) is 11.7 Å². The molecule has 2 aromatic heterocycles. The van der Waals surface area contributed by atoms with Gasteiger partial charge in [0.05, 0.1) is 6.10 Å². The fraction of sp³-hybridized carbons (Fsp3) is 0.200. The first-order valence-corrected chi connectivity index (χ1v) is 9.83. The van der Waals surface area contributed by atoms with E-state index in [0.717, 1.165) is 10.9 Å². The number of nitrogens with one attached hydrogen (secondary N) is 1. The van der Waals surface area contributed by atoms with Crippen molar-refractivity contribution in [2.24, 2.45) is 0 Å². The van der Waals surface area contributed by atoms with Crippen LogP contribution in [0.1, 0.15) is 30.2 Å². The molecule has 4 aromatic rings. The van der Waals surface area contributed by atoms with Crippen LogP contribution < -0.4 is 5.32 Å². The zero-order chi connectivity index (χ0) is 16.5. The largest absolute Gasteiger partial charge is 0.387 e. The average molecular weight is 354 g/mol. The van der Waals surface area contributed by atoms with Crippen LogP contribution in [0.15, 0.2) is 59.3 Å². The molecule has 0 radical (unpaired) electrons. The van der Waals surface area contributed by atoms with Crippen molar-refractivity contribution in [1.29, 1.82) is 0 Å². The van der Waals surface area contributed by atoms with Gasteiger partial charge in [0.15, 0.2) is 0 Å². The van der Waals surface area contributed by atoms with E-state index >= 15 is 0 Å². The Kier molecular flexibility index (Phi) is 4.37. The summed E-state index contributed by atoms with van der Waals surface area (Å²) < 4.78 is 2.55. The van der Waals surface area contributed by atoms with Crippen LogP contribution in [0.25, 0.3) is 20.2 Å². The van der Waals surface area contributed by atoms with Crippen molar-refractivity contribution < 1.29 is 5.11 Å². The number of hydrogen-bond acceptors (Lipinski definition) is 4. The van der Waals surface area contributed by atoms with E-state index in [0.29, 0.717) is 6.54 Å². The predicted octanol–water partition coefficient (Wildman–Crippen LogP) is 5.50. The Morgan fingerprint density at radius 2 is 1.88 bits per heavy atom. The Morgan fingerprint density at radius 1 is 1.00 bits per heavy atom. The summed E-state index contributed by atoms with van der Waals surface area (Å²) in [6.07, 6.45) is -0.494. The van der Waals surface area contributed by atoms with Gasteiger partial charge in [-0.3, -0.25) is 0 Å². The Labute approximate surface area is 149 Å². The van der Waals surface area contributed by atoms with Crippen molar-refractivity contribution in [2.45, 2.75) is 19.1 Å². The van der Waals surface area contributed by atoms with Gasteiger partial charge in [-0.1, -0.05) is 36.4 Å². The van der Waals surface area contributed by atoms with E-state index in [1.165, 1.54) is 20.3 Å². The molecule has 4 rings (SSSR count). The molecular weight excluding hydrogens is 334 g/mol. The number of hydrogen-bond donors (Lipinski definition) is 2. The van der Waals surface area contributed by atoms with Gasteiger partial charge in [-0.25, -0.2) is 0 Å². The standard InChI is InChI=1S/C20H19NOS2/c1-13(15-7-4-5-14-9-10-23-20(14)15)21-11-18(22)17-12-24-19-8-3-2-6-16(17)19/h2-10,12-13,18,21-22H,11H2,1H3. The molecule has 2 aromatic carbocycles. The van der Waals surface area contributed by atoms with E-state index in [4.69, 9.17) is 0 Å². The molecule has 0 aliphatic rings. The normalized spacial score (nSPS) is 14.2. The molecular formula is C20H19NOS2. The Hall–Kier alpha value is -1.72. The second-order valence-electron chi connectivity index (χ2n) is 6.02. The molecule has 4 heteroatoms. The minimum Gasteiger partial charge on any atom is -0.387 e. The molecule has 0 saturated carbocycles. The van der Waals surface area contributed by atoms with Crippen LogP contribution in [0.3, 0.4) is 0 Å². The summed E-state index contributed by atoms with van der Waals surface area (Å²) in [5, 5.41) is 20.8. The van der Waals surface area contributed by atoms with Crippen molar-refractivity contribution in [1.82, 2.24) is 5.32 Å². The third-order valence-corrected chi connectivity index (χ3v) is 6.42. The highest BCUT2D eigenvalue weighted by atomic mass is 32.1. The SMILES string of the molecule is CC(NCC(O)c1csc2ccccc12)c1cccc2ccsc12. The highest BCUT2D eigenvalue weighted by Crippen LogP contribution is 2.31. The van der Waals surface area contributed by atoms with E-state index < -0.39 is 6.10 Å². The van der Waals surface area contributed by atoms with Crippen LogP contribution in [0.5, 0.6) is 0 Å². The van der Waals surface area contributed by atoms with Crippen molar-refractivity contribution in [3.8, 4) is 0 Å². The molecule has 0 spiro atoms. The summed E-state index contributed by atoms with van der Waals surface area (Å²) in [5.41, 5.74) is 2.31. The van der Waals surface area contributed by atoms with Gasteiger partial charge < -0.3 is 10.4 Å². The van der Waals surface area contributed by atoms with Crippen molar-refractivity contribution in [2.75, 3.05) is 6.54 Å². The fourth-order valence-electron chi connectivity index (χ4n) is 3.12. The number of aliphatic hydroxyl groups is 1. The second-order valence-corrected chi connectivity index (χ2v) is 7.85. The summed E-state index contributed by atoms with van der Waals surface area (Å²) in [6.45, 7) is 2.70. The van der Waals surface area contributed by atoms with Gasteiger partial charge >= 0.3 is 0 Å². The fourth-order valence-corrected chi connectivity index (χ4v) is 5.13. The minimum absolute atomic E-state index is 0.201. The first kappa shape index (κ1) is 15.8. The number of aliphatic hydroxyl groups excluding tert-OH is 1. The molecule has 0 amide bonds. The van der Waals surface area contributed by atoms with E-state index in [1.54, 1.807) is 22.7 Å². The van der Waals surface area contributed by atoms with E-state index in [9.17, 15) is 5.11 Å². The number of fused-ring (bicyclic) bond motifs is 2. The average Bonchev–Trinajstić information content (AvgIpc) is 3.25. The molecule has 2 atom stereocenters. The topological polar surface area (TPSA) is 32.3 Å². The van der Waals surface area contributed by atoms with Gasteiger partial charge in [-0.15, -0.1) is 22.7 Å². The van der Waals surface area contributed by atoms with Crippen LogP contribution in [0.2, 0.25) is 0 Å². The Balaban J connectivity index is 1.51. The molecule has 24 heavy (non-hydrogen) atoms. The lowest BCUT2D eigenvalue weighted by Crippen LogP contribution is -2.24. The highest BCUT2D eigenvalue weighted by Gasteiger charge is 2.15. The van der Waals surface area contributed by atoms with Crippen LogP contribution in [0.4, 0.5) is 0 Å². The van der Waals surface area contributed by atoms with Crippen LogP contribution in [0, 0.1) is 0 Å². The maximum absolute atomic E-state index is 10.6. The quantitative estimate of drug-likeness (QED) is 0.496. The first-order chi connectivity index (χ1) is 11.7. The number of benzene rings is 2. The molecule has 122 valence electrons. The molecule has 0 aliphatic carbocycles. The first-order valence-electron chi connectivity index (χ1n) is 8.08. The summed E-state index contributed by atoms with van der Waals surface area (Å²) in [4.78, 5) is 0. The monoisotopic (exact) mass is 353 g/mol. The molecule has 0 fully saturated rings. The lowest BCUT2D eigenvalue weighted by molar-refractivity contribution is 0.172. The lowest BCUT2D eigenvalue weighted by Gasteiger charge is -2.18. The molecule has 2 nitrogen and oxygen atoms in total. The summed E-state index contributed by atoms with van der Waals surface area (Å²) >= 11 is 3.47. The summed E-state index contributed by atoms with van der Waals surface area (Å²) in [5.74, 6) is 0. The summed E-state index contributed by atoms with van der Waals surface area (Å²) in [7, 11) is 0. The molecule has 0 bridgehead atoms. The van der Waals surface area contributed by atoms with E-state index in [1.807, 2.05) is 12.1 Å². The molecule has 2 N–H and O–H groups in total. The second kappa shape index (κ2) is 6.65. The van der Waals surface area contributed by atoms with Gasteiger partial charge in [-0.05, 0) is 46.2 Å². The van der Waals surface area contributed by atoms with Gasteiger partial charge in [0.25, 0.3) is 0 Å². The highest BCUT2D eigenvalue weighted by molar-refractivity contribution is 7.17. The number of thiophene rings is 2. The van der Waals surface area contributed by atoms with Gasteiger partial charge in [0.1, 0.15) is 0 Å². The van der Waals surface area contributed by atoms with E-state index in [2.05, 4.69) is 59.4 Å². The van der Waals surface area contributed by atoms with Crippen LogP contribution in [-0.2, 0) is 0 Å². The van der Waals surface area contributed by atoms with Gasteiger partial charge in [0.2, 0.25) is 0 Å². The van der Waals surface area contributed by atoms with Crippen LogP contribution >= 0.6 is 22.7 Å². The number of rotatable bonds is 5. The van der Waals surface area contributed by atoms with Crippen molar-refractivity contribution in [3.63, 3.8) is 0 Å². The molecule has 2 unspecified atom stereocenters. The zero-order valence-corrected chi connectivity index (χ0v) is 15.0. The molecule has 0 aliphatic heterocycles. The molecule has 0 saturated heterocycles. The maximum atomic E-state index is 10.6. The van der Waals surface area contributed by atoms with E-state index in [-0.39, 0.29) is 6.04 Å². The Morgan fingerprint density at radius 3 is 2.79 bits per heavy atom. The maximum Gasteiger partial charge on any atom is 0.0928 e. The molecule has 2 heterocycles. The smallest absolute Gasteiger partial charge is 0.0928 e.